The highest BCUT2D eigenvalue weighted by molar-refractivity contribution is 5.85. The molecule has 1 atom stereocenters. The lowest BCUT2D eigenvalue weighted by atomic mass is 9.86. The van der Waals surface area contributed by atoms with E-state index in [1.165, 1.54) is 0 Å². The van der Waals surface area contributed by atoms with Crippen LogP contribution in [-0.2, 0) is 33.5 Å². The summed E-state index contributed by atoms with van der Waals surface area (Å²) in [5.41, 5.74) is 4.14. The van der Waals surface area contributed by atoms with Gasteiger partial charge in [0.25, 0.3) is 0 Å². The van der Waals surface area contributed by atoms with E-state index in [9.17, 15) is 9.59 Å². The first-order chi connectivity index (χ1) is 18.4. The van der Waals surface area contributed by atoms with Crippen molar-refractivity contribution in [1.29, 1.82) is 5.26 Å². The molecule has 8 nitrogen and oxygen atoms in total. The van der Waals surface area contributed by atoms with Gasteiger partial charge in [0.2, 0.25) is 5.91 Å². The number of benzene rings is 2. The zero-order valence-electron chi connectivity index (χ0n) is 22.1. The summed E-state index contributed by atoms with van der Waals surface area (Å²) in [6.45, 7) is 2.67. The minimum absolute atomic E-state index is 0.0316. The second kappa shape index (κ2) is 10.9. The van der Waals surface area contributed by atoms with Gasteiger partial charge in [-0.25, -0.2) is 4.98 Å². The van der Waals surface area contributed by atoms with Gasteiger partial charge < -0.3 is 19.9 Å². The van der Waals surface area contributed by atoms with Crippen LogP contribution in [0.25, 0.3) is 11.0 Å². The van der Waals surface area contributed by atoms with Gasteiger partial charge in [0, 0.05) is 12.7 Å². The lowest BCUT2D eigenvalue weighted by molar-refractivity contribution is -0.147. The Morgan fingerprint density at radius 1 is 1.18 bits per heavy atom. The molecule has 0 saturated heterocycles. The summed E-state index contributed by atoms with van der Waals surface area (Å²) in [5, 5.41) is 15.7. The lowest BCUT2D eigenvalue weighted by Gasteiger charge is -2.26. The average molecular weight is 514 g/mol. The maximum absolute atomic E-state index is 13.5. The van der Waals surface area contributed by atoms with Gasteiger partial charge in [0.15, 0.2) is 0 Å². The molecule has 0 aliphatic heterocycles. The van der Waals surface area contributed by atoms with Gasteiger partial charge in [-0.15, -0.1) is 0 Å². The molecule has 2 aliphatic rings. The fourth-order valence-electron chi connectivity index (χ4n) is 5.72. The third kappa shape index (κ3) is 5.38. The number of carbonyl (C=O) groups is 2. The lowest BCUT2D eigenvalue weighted by Crippen LogP contribution is -2.42. The van der Waals surface area contributed by atoms with E-state index in [0.29, 0.717) is 18.7 Å². The molecule has 0 spiro atoms. The number of hydrogen-bond donors (Lipinski definition) is 2. The molecule has 0 bridgehead atoms. The normalized spacial score (nSPS) is 17.1. The number of aryl methyl sites for hydroxylation is 1. The molecule has 0 radical (unpaired) electrons. The molecule has 1 unspecified atom stereocenters. The van der Waals surface area contributed by atoms with Crippen LogP contribution in [-0.4, -0.2) is 28.0 Å². The molecule has 198 valence electrons. The quantitative estimate of drug-likeness (QED) is 0.373. The largest absolute Gasteiger partial charge is 0.466 e. The number of aromatic nitrogens is 2. The second-order valence-corrected chi connectivity index (χ2v) is 10.6. The second-order valence-electron chi connectivity index (χ2n) is 10.6. The maximum Gasteiger partial charge on any atom is 0.306 e. The number of nitrogens with zero attached hydrogens (tertiary/aromatic N) is 3. The summed E-state index contributed by atoms with van der Waals surface area (Å²) in [6.07, 6.45) is 6.10. The number of esters is 1. The van der Waals surface area contributed by atoms with Gasteiger partial charge in [-0.05, 0) is 80.5 Å². The van der Waals surface area contributed by atoms with E-state index >= 15 is 0 Å². The number of fused-ring (bicyclic) bond motifs is 1. The van der Waals surface area contributed by atoms with Crippen LogP contribution in [0.1, 0.15) is 68.8 Å². The average Bonchev–Trinajstić information content (AvgIpc) is 3.36. The molecule has 2 saturated carbocycles. The van der Waals surface area contributed by atoms with Crippen molar-refractivity contribution < 1.29 is 14.3 Å². The minimum Gasteiger partial charge on any atom is -0.466 e. The summed E-state index contributed by atoms with van der Waals surface area (Å²) in [6, 6.07) is 15.7. The van der Waals surface area contributed by atoms with Gasteiger partial charge in [0.05, 0.1) is 53.7 Å². The number of ether oxygens (including phenoxy) is 1. The zero-order chi connectivity index (χ0) is 26.7. The summed E-state index contributed by atoms with van der Waals surface area (Å²) < 4.78 is 7.26. The van der Waals surface area contributed by atoms with E-state index in [2.05, 4.69) is 39.5 Å². The third-order valence-electron chi connectivity index (χ3n) is 8.10. The number of amides is 1. The Labute approximate surface area is 223 Å². The maximum atomic E-state index is 13.5. The Morgan fingerprint density at radius 2 is 1.92 bits per heavy atom. The van der Waals surface area contributed by atoms with E-state index in [-0.39, 0.29) is 30.1 Å². The molecule has 8 heteroatoms. The van der Waals surface area contributed by atoms with Crippen molar-refractivity contribution in [2.24, 2.45) is 18.9 Å². The highest BCUT2D eigenvalue weighted by Crippen LogP contribution is 2.47. The van der Waals surface area contributed by atoms with Gasteiger partial charge in [-0.3, -0.25) is 9.59 Å². The topological polar surface area (TPSA) is 109 Å². The highest BCUT2D eigenvalue weighted by atomic mass is 16.5. The van der Waals surface area contributed by atoms with Crippen LogP contribution in [0.2, 0.25) is 0 Å². The van der Waals surface area contributed by atoms with E-state index < -0.39 is 5.54 Å². The number of nitrogens with one attached hydrogen (secondary N) is 2. The van der Waals surface area contributed by atoms with Gasteiger partial charge in [-0.1, -0.05) is 18.9 Å². The van der Waals surface area contributed by atoms with Gasteiger partial charge in [0.1, 0.15) is 5.82 Å². The highest BCUT2D eigenvalue weighted by Gasteiger charge is 2.47. The molecule has 1 amide bonds. The first-order valence-electron chi connectivity index (χ1n) is 13.6. The third-order valence-corrected chi connectivity index (χ3v) is 8.10. The van der Waals surface area contributed by atoms with Gasteiger partial charge >= 0.3 is 5.97 Å². The van der Waals surface area contributed by atoms with Crippen LogP contribution in [0.4, 0.5) is 5.69 Å². The Balaban J connectivity index is 1.31. The zero-order valence-corrected chi connectivity index (χ0v) is 22.1. The first kappa shape index (κ1) is 25.8. The van der Waals surface area contributed by atoms with Crippen molar-refractivity contribution >= 4 is 28.6 Å². The Bertz CT molecular complexity index is 1360. The molecule has 2 aromatic carbocycles. The fourth-order valence-corrected chi connectivity index (χ4v) is 5.72. The number of imidazole rings is 1. The number of hydrogen-bond acceptors (Lipinski definition) is 6. The minimum atomic E-state index is -0.394. The summed E-state index contributed by atoms with van der Waals surface area (Å²) in [4.78, 5) is 30.7. The van der Waals surface area contributed by atoms with Crippen molar-refractivity contribution in [2.45, 2.75) is 64.0 Å². The number of nitriles is 1. The Morgan fingerprint density at radius 3 is 2.58 bits per heavy atom. The molecule has 5 rings (SSSR count). The van der Waals surface area contributed by atoms with E-state index in [0.717, 1.165) is 66.6 Å². The van der Waals surface area contributed by atoms with E-state index in [4.69, 9.17) is 15.0 Å². The van der Waals surface area contributed by atoms with Crippen LogP contribution < -0.4 is 10.6 Å². The van der Waals surface area contributed by atoms with Crippen LogP contribution in [0.3, 0.4) is 0 Å². The van der Waals surface area contributed by atoms with Crippen LogP contribution in [0, 0.1) is 23.2 Å². The molecule has 2 N–H and O–H groups in total. The fraction of sp³-hybridized carbons (Fsp3) is 0.467. The summed E-state index contributed by atoms with van der Waals surface area (Å²) >= 11 is 0. The van der Waals surface area contributed by atoms with Crippen LogP contribution in [0.5, 0.6) is 0 Å². The smallest absolute Gasteiger partial charge is 0.306 e. The van der Waals surface area contributed by atoms with E-state index in [1.807, 2.05) is 19.2 Å². The monoisotopic (exact) mass is 513 g/mol. The van der Waals surface area contributed by atoms with Crippen LogP contribution >= 0.6 is 0 Å². The molecule has 1 heterocycles. The number of rotatable bonds is 10. The molecule has 2 fully saturated rings. The molecule has 38 heavy (non-hydrogen) atoms. The predicted octanol–water partition coefficient (Wildman–Crippen LogP) is 4.92. The van der Waals surface area contributed by atoms with Crippen molar-refractivity contribution in [3.05, 3.63) is 59.4 Å². The number of anilines is 1. The SMILES string of the molecule is CCOC(=O)CC(C(=O)NC1(c2ccc3c(c2)nc(CNc2ccc(C#N)cc2)n3C)CC1)C1CCCC1. The van der Waals surface area contributed by atoms with Crippen molar-refractivity contribution in [3.8, 4) is 6.07 Å². The van der Waals surface area contributed by atoms with Gasteiger partial charge in [-0.2, -0.15) is 5.26 Å². The van der Waals surface area contributed by atoms with Crippen molar-refractivity contribution in [1.82, 2.24) is 14.9 Å². The first-order valence-corrected chi connectivity index (χ1v) is 13.6. The van der Waals surface area contributed by atoms with E-state index in [1.54, 1.807) is 19.1 Å². The van der Waals surface area contributed by atoms with Crippen LogP contribution in [0.15, 0.2) is 42.5 Å². The Hall–Kier alpha value is -3.86. The van der Waals surface area contributed by atoms with Crippen molar-refractivity contribution in [2.75, 3.05) is 11.9 Å². The predicted molar refractivity (Wildman–Crippen MR) is 145 cm³/mol. The number of carbonyl (C=O) groups excluding carboxylic acids is 2. The molecular formula is C30H35N5O3. The molecular weight excluding hydrogens is 478 g/mol. The van der Waals surface area contributed by atoms with Crippen molar-refractivity contribution in [3.63, 3.8) is 0 Å². The standard InChI is InChI=1S/C30H35N5O3/c1-3-38-28(36)17-24(21-6-4-5-7-21)29(37)34-30(14-15-30)22-10-13-26-25(16-22)33-27(35(26)2)19-32-23-11-8-20(18-31)9-12-23/h8-13,16,21,24,32H,3-7,14-15,17,19H2,1-2H3,(H,34,37). The molecule has 2 aliphatic carbocycles. The summed E-state index contributed by atoms with van der Waals surface area (Å²) in [5.74, 6) is 0.468. The Kier molecular flexibility index (Phi) is 7.37. The summed E-state index contributed by atoms with van der Waals surface area (Å²) in [7, 11) is 2.00. The molecule has 3 aromatic rings. The molecule has 1 aromatic heterocycles.